The van der Waals surface area contributed by atoms with Crippen LogP contribution in [0.1, 0.15) is 25.5 Å². The van der Waals surface area contributed by atoms with Crippen molar-refractivity contribution in [1.29, 1.82) is 0 Å². The number of nitrogens with one attached hydrogen (secondary N) is 1. The van der Waals surface area contributed by atoms with E-state index in [-0.39, 0.29) is 5.75 Å². The molecular formula is C18H21N5O3S. The second-order valence-corrected chi connectivity index (χ2v) is 8.65. The molecule has 27 heavy (non-hydrogen) atoms. The fourth-order valence-corrected chi connectivity index (χ4v) is 4.29. The lowest BCUT2D eigenvalue weighted by atomic mass is 10.00. The number of sulfonamides is 1. The summed E-state index contributed by atoms with van der Waals surface area (Å²) in [7, 11) is -3.66. The van der Waals surface area contributed by atoms with Crippen molar-refractivity contribution in [2.75, 3.05) is 22.7 Å². The number of hydrogen-bond donors (Lipinski definition) is 1. The lowest BCUT2D eigenvalue weighted by Crippen LogP contribution is -2.34. The molecule has 142 valence electrons. The molecule has 1 fully saturated rings. The van der Waals surface area contributed by atoms with Gasteiger partial charge < -0.3 is 9.42 Å². The summed E-state index contributed by atoms with van der Waals surface area (Å²) >= 11 is 0. The number of fused-ring (bicyclic) bond motifs is 1. The monoisotopic (exact) mass is 387 g/mol. The van der Waals surface area contributed by atoms with Gasteiger partial charge in [0, 0.05) is 18.5 Å². The van der Waals surface area contributed by atoms with E-state index in [1.165, 1.54) is 12.4 Å². The van der Waals surface area contributed by atoms with Crippen molar-refractivity contribution >= 4 is 32.6 Å². The number of rotatable bonds is 5. The molecule has 0 atom stereocenters. The van der Waals surface area contributed by atoms with Crippen LogP contribution in [0.4, 0.5) is 11.6 Å². The normalized spacial score (nSPS) is 16.0. The summed E-state index contributed by atoms with van der Waals surface area (Å²) in [5.74, 6) is 1.07. The summed E-state index contributed by atoms with van der Waals surface area (Å²) in [6.45, 7) is 4.09. The highest BCUT2D eigenvalue weighted by atomic mass is 32.2. The molecule has 3 heterocycles. The fraction of sp³-hybridized carbons (Fsp3) is 0.389. The predicted octanol–water partition coefficient (Wildman–Crippen LogP) is 2.80. The standard InChI is InChI=1S/C18H21N5O3S/c1-13-6-8-23(9-7-13)18-19-10-14(11-20-18)22-27(24,25)12-16-15-4-2-3-5-17(15)26-21-16/h2-5,10-11,13,22H,6-9,12H2,1H3. The quantitative estimate of drug-likeness (QED) is 0.718. The molecule has 9 heteroatoms. The van der Waals surface area contributed by atoms with Crippen LogP contribution in [0.15, 0.2) is 41.2 Å². The molecule has 0 aliphatic carbocycles. The zero-order valence-electron chi connectivity index (χ0n) is 15.0. The molecule has 1 aromatic carbocycles. The third-order valence-electron chi connectivity index (χ3n) is 4.76. The summed E-state index contributed by atoms with van der Waals surface area (Å²) in [6.07, 6.45) is 5.23. The summed E-state index contributed by atoms with van der Waals surface area (Å²) < 4.78 is 32.6. The first-order chi connectivity index (χ1) is 13.0. The van der Waals surface area contributed by atoms with Gasteiger partial charge in [-0.2, -0.15) is 0 Å². The van der Waals surface area contributed by atoms with Crippen molar-refractivity contribution in [3.05, 3.63) is 42.4 Å². The van der Waals surface area contributed by atoms with Gasteiger partial charge in [0.1, 0.15) is 11.4 Å². The smallest absolute Gasteiger partial charge is 0.238 e. The first kappa shape index (κ1) is 17.7. The molecule has 4 rings (SSSR count). The first-order valence-electron chi connectivity index (χ1n) is 8.91. The van der Waals surface area contributed by atoms with Crippen molar-refractivity contribution in [1.82, 2.24) is 15.1 Å². The van der Waals surface area contributed by atoms with Crippen molar-refractivity contribution in [2.24, 2.45) is 5.92 Å². The van der Waals surface area contributed by atoms with E-state index in [1.807, 2.05) is 12.1 Å². The molecule has 1 aliphatic rings. The SMILES string of the molecule is CC1CCN(c2ncc(NS(=O)(=O)Cc3noc4ccccc34)cn2)CC1. The van der Waals surface area contributed by atoms with Gasteiger partial charge in [-0.3, -0.25) is 4.72 Å². The lowest BCUT2D eigenvalue weighted by molar-refractivity contribution is 0.434. The number of nitrogens with zero attached hydrogens (tertiary/aromatic N) is 4. The Balaban J connectivity index is 1.45. The molecule has 0 spiro atoms. The fourth-order valence-electron chi connectivity index (χ4n) is 3.18. The second kappa shape index (κ2) is 7.15. The van der Waals surface area contributed by atoms with Gasteiger partial charge in [-0.05, 0) is 30.9 Å². The average molecular weight is 387 g/mol. The Morgan fingerprint density at radius 2 is 1.89 bits per heavy atom. The Bertz CT molecular complexity index is 1020. The minimum atomic E-state index is -3.66. The molecule has 1 saturated heterocycles. The minimum Gasteiger partial charge on any atom is -0.356 e. The molecule has 1 aliphatic heterocycles. The molecule has 0 saturated carbocycles. The second-order valence-electron chi connectivity index (χ2n) is 6.93. The maximum atomic E-state index is 12.5. The largest absolute Gasteiger partial charge is 0.356 e. The number of anilines is 2. The van der Waals surface area contributed by atoms with Crippen molar-refractivity contribution in [2.45, 2.75) is 25.5 Å². The number of aromatic nitrogens is 3. The number of hydrogen-bond acceptors (Lipinski definition) is 7. The third kappa shape index (κ3) is 4.02. The van der Waals surface area contributed by atoms with Gasteiger partial charge in [-0.1, -0.05) is 24.2 Å². The molecule has 2 aromatic heterocycles. The van der Waals surface area contributed by atoms with Crippen LogP contribution in [-0.2, 0) is 15.8 Å². The van der Waals surface area contributed by atoms with Gasteiger partial charge in [0.25, 0.3) is 0 Å². The topological polar surface area (TPSA) is 101 Å². The number of benzene rings is 1. The average Bonchev–Trinajstić information content (AvgIpc) is 3.05. The van der Waals surface area contributed by atoms with Gasteiger partial charge in [-0.15, -0.1) is 0 Å². The van der Waals surface area contributed by atoms with Gasteiger partial charge in [-0.25, -0.2) is 18.4 Å². The highest BCUT2D eigenvalue weighted by molar-refractivity contribution is 7.91. The predicted molar refractivity (Wildman–Crippen MR) is 103 cm³/mol. The van der Waals surface area contributed by atoms with Crippen LogP contribution in [0.3, 0.4) is 0 Å². The van der Waals surface area contributed by atoms with Crippen molar-refractivity contribution in [3.8, 4) is 0 Å². The van der Waals surface area contributed by atoms with Crippen molar-refractivity contribution < 1.29 is 12.9 Å². The summed E-state index contributed by atoms with van der Waals surface area (Å²) in [5, 5.41) is 4.56. The van der Waals surface area contributed by atoms with Crippen LogP contribution in [0.5, 0.6) is 0 Å². The zero-order valence-corrected chi connectivity index (χ0v) is 15.8. The molecule has 0 bridgehead atoms. The zero-order chi connectivity index (χ0) is 18.9. The van der Waals surface area contributed by atoms with Gasteiger partial charge in [0.05, 0.1) is 18.1 Å². The van der Waals surface area contributed by atoms with Gasteiger partial charge in [0.2, 0.25) is 16.0 Å². The van der Waals surface area contributed by atoms with Crippen LogP contribution >= 0.6 is 0 Å². The molecule has 0 unspecified atom stereocenters. The van der Waals surface area contributed by atoms with Gasteiger partial charge in [0.15, 0.2) is 5.58 Å². The third-order valence-corrected chi connectivity index (χ3v) is 5.96. The van der Waals surface area contributed by atoms with Crippen LogP contribution in [0.25, 0.3) is 11.0 Å². The van der Waals surface area contributed by atoms with E-state index in [2.05, 4.69) is 31.7 Å². The van der Waals surface area contributed by atoms with Crippen molar-refractivity contribution in [3.63, 3.8) is 0 Å². The van der Waals surface area contributed by atoms with E-state index in [9.17, 15) is 8.42 Å². The summed E-state index contributed by atoms with van der Waals surface area (Å²) in [5.41, 5.74) is 1.27. The highest BCUT2D eigenvalue weighted by Crippen LogP contribution is 2.22. The summed E-state index contributed by atoms with van der Waals surface area (Å²) in [4.78, 5) is 10.7. The van der Waals surface area contributed by atoms with Crippen LogP contribution in [0, 0.1) is 5.92 Å². The van der Waals surface area contributed by atoms with E-state index in [0.29, 0.717) is 28.3 Å². The van der Waals surface area contributed by atoms with E-state index in [1.54, 1.807) is 12.1 Å². The van der Waals surface area contributed by atoms with E-state index in [0.717, 1.165) is 31.8 Å². The Morgan fingerprint density at radius 1 is 1.19 bits per heavy atom. The molecule has 3 aromatic rings. The molecular weight excluding hydrogens is 366 g/mol. The lowest BCUT2D eigenvalue weighted by Gasteiger charge is -2.30. The number of piperidine rings is 1. The minimum absolute atomic E-state index is 0.282. The maximum absolute atomic E-state index is 12.5. The highest BCUT2D eigenvalue weighted by Gasteiger charge is 2.20. The van der Waals surface area contributed by atoms with Crippen LogP contribution < -0.4 is 9.62 Å². The van der Waals surface area contributed by atoms with E-state index < -0.39 is 10.0 Å². The van der Waals surface area contributed by atoms with Crippen LogP contribution in [-0.4, -0.2) is 36.6 Å². The Labute approximate surface area is 157 Å². The van der Waals surface area contributed by atoms with E-state index >= 15 is 0 Å². The Hall–Kier alpha value is -2.68. The summed E-state index contributed by atoms with van der Waals surface area (Å²) in [6, 6.07) is 7.16. The molecule has 1 N–H and O–H groups in total. The molecule has 8 nitrogen and oxygen atoms in total. The van der Waals surface area contributed by atoms with E-state index in [4.69, 9.17) is 4.52 Å². The molecule has 0 amide bonds. The van der Waals surface area contributed by atoms with Gasteiger partial charge >= 0.3 is 0 Å². The maximum Gasteiger partial charge on any atom is 0.238 e. The molecule has 0 radical (unpaired) electrons. The Morgan fingerprint density at radius 3 is 2.63 bits per heavy atom. The Kier molecular flexibility index (Phi) is 4.69. The van der Waals surface area contributed by atoms with Crippen LogP contribution in [0.2, 0.25) is 0 Å². The number of para-hydroxylation sites is 1. The first-order valence-corrected chi connectivity index (χ1v) is 10.6.